The molecule has 3 aliphatic rings. The van der Waals surface area contributed by atoms with E-state index in [1.807, 2.05) is 18.2 Å². The molecule has 0 aliphatic carbocycles. The Balaban J connectivity index is 1.36. The van der Waals surface area contributed by atoms with Gasteiger partial charge < -0.3 is 15.0 Å². The maximum absolute atomic E-state index is 14.1. The molecule has 0 saturated carbocycles. The van der Waals surface area contributed by atoms with Crippen molar-refractivity contribution in [2.75, 3.05) is 49.5 Å². The van der Waals surface area contributed by atoms with Gasteiger partial charge in [-0.05, 0) is 36.6 Å². The monoisotopic (exact) mass is 546 g/mol. The highest BCUT2D eigenvalue weighted by atomic mass is 32.2. The Kier molecular flexibility index (Phi) is 7.29. The molecule has 1 amide bonds. The maximum atomic E-state index is 14.1. The SMILES string of the molecule is O=C1Nc2ccccc2Oc2cc(N3CCN(Cc4ccccc4)CC3)c(S(=O)(=O)N3CCCCCC3)cc21. The lowest BCUT2D eigenvalue weighted by molar-refractivity contribution is 0.102. The lowest BCUT2D eigenvalue weighted by Crippen LogP contribution is -2.46. The predicted molar refractivity (Wildman–Crippen MR) is 152 cm³/mol. The summed E-state index contributed by atoms with van der Waals surface area (Å²) in [5.41, 5.74) is 2.65. The lowest BCUT2D eigenvalue weighted by Gasteiger charge is -2.37. The first-order chi connectivity index (χ1) is 19.0. The van der Waals surface area contributed by atoms with Crippen LogP contribution in [0.5, 0.6) is 11.5 Å². The molecule has 3 aromatic carbocycles. The smallest absolute Gasteiger partial charge is 0.259 e. The number of nitrogens with one attached hydrogen (secondary N) is 1. The van der Waals surface area contributed by atoms with Crippen LogP contribution in [0.25, 0.3) is 0 Å². The molecule has 0 aromatic heterocycles. The molecule has 2 fully saturated rings. The van der Waals surface area contributed by atoms with E-state index in [1.54, 1.807) is 22.5 Å². The molecule has 0 bridgehead atoms. The quantitative estimate of drug-likeness (QED) is 0.489. The fourth-order valence-corrected chi connectivity index (χ4v) is 7.38. The average molecular weight is 547 g/mol. The standard InChI is InChI=1S/C30H34N4O4S/c35-30-24-20-29(39(36,37)34-14-8-1-2-9-15-34)26(21-28(24)38-27-13-7-6-12-25(27)31-30)33-18-16-32(17-19-33)22-23-10-4-3-5-11-23/h3-7,10-13,20-21H,1-2,8-9,14-19,22H2,(H,31,35). The van der Waals surface area contributed by atoms with Gasteiger partial charge >= 0.3 is 0 Å². The Labute approximate surface area is 230 Å². The van der Waals surface area contributed by atoms with Crippen LogP contribution >= 0.6 is 0 Å². The van der Waals surface area contributed by atoms with Gasteiger partial charge in [0, 0.05) is 51.9 Å². The molecule has 204 valence electrons. The summed E-state index contributed by atoms with van der Waals surface area (Å²) < 4.78 is 36.1. The van der Waals surface area contributed by atoms with Gasteiger partial charge in [0.2, 0.25) is 10.0 Å². The summed E-state index contributed by atoms with van der Waals surface area (Å²) in [6.45, 7) is 4.82. The van der Waals surface area contributed by atoms with Gasteiger partial charge in [-0.3, -0.25) is 9.69 Å². The second-order valence-electron chi connectivity index (χ2n) is 10.4. The number of nitrogens with zero attached hydrogens (tertiary/aromatic N) is 3. The van der Waals surface area contributed by atoms with Crippen molar-refractivity contribution in [1.82, 2.24) is 9.21 Å². The highest BCUT2D eigenvalue weighted by molar-refractivity contribution is 7.89. The van der Waals surface area contributed by atoms with Gasteiger partial charge in [0.25, 0.3) is 5.91 Å². The Morgan fingerprint density at radius 2 is 1.46 bits per heavy atom. The van der Waals surface area contributed by atoms with Crippen molar-refractivity contribution in [3.63, 3.8) is 0 Å². The molecule has 39 heavy (non-hydrogen) atoms. The number of sulfonamides is 1. The number of ether oxygens (including phenoxy) is 1. The average Bonchev–Trinajstić information content (AvgIpc) is 3.31. The summed E-state index contributed by atoms with van der Waals surface area (Å²) in [7, 11) is -3.82. The lowest BCUT2D eigenvalue weighted by atomic mass is 10.1. The number of para-hydroxylation sites is 2. The van der Waals surface area contributed by atoms with E-state index in [0.717, 1.165) is 45.3 Å². The topological polar surface area (TPSA) is 82.2 Å². The van der Waals surface area contributed by atoms with Crippen molar-refractivity contribution >= 4 is 27.3 Å². The first-order valence-electron chi connectivity index (χ1n) is 13.8. The zero-order valence-corrected chi connectivity index (χ0v) is 22.8. The molecule has 3 heterocycles. The van der Waals surface area contributed by atoms with Crippen LogP contribution < -0.4 is 15.0 Å². The fraction of sp³-hybridized carbons (Fsp3) is 0.367. The molecule has 0 radical (unpaired) electrons. The van der Waals surface area contributed by atoms with Crippen LogP contribution in [0.2, 0.25) is 0 Å². The van der Waals surface area contributed by atoms with E-state index >= 15 is 0 Å². The largest absolute Gasteiger partial charge is 0.454 e. The molecule has 1 N–H and O–H groups in total. The third-order valence-corrected chi connectivity index (χ3v) is 9.73. The number of fused-ring (bicyclic) bond motifs is 2. The molecule has 8 nitrogen and oxygen atoms in total. The minimum absolute atomic E-state index is 0.185. The summed E-state index contributed by atoms with van der Waals surface area (Å²) in [6.07, 6.45) is 3.75. The second-order valence-corrected chi connectivity index (χ2v) is 12.3. The minimum atomic E-state index is -3.82. The van der Waals surface area contributed by atoms with Crippen molar-refractivity contribution < 1.29 is 17.9 Å². The van der Waals surface area contributed by atoms with Crippen molar-refractivity contribution in [2.24, 2.45) is 0 Å². The zero-order valence-electron chi connectivity index (χ0n) is 22.0. The Bertz CT molecular complexity index is 1450. The number of hydrogen-bond donors (Lipinski definition) is 1. The van der Waals surface area contributed by atoms with Crippen LogP contribution in [0.15, 0.2) is 71.6 Å². The summed E-state index contributed by atoms with van der Waals surface area (Å²) in [5.74, 6) is 0.529. The van der Waals surface area contributed by atoms with Crippen molar-refractivity contribution in [3.05, 3.63) is 77.9 Å². The third kappa shape index (κ3) is 5.39. The number of hydrogen-bond acceptors (Lipinski definition) is 6. The minimum Gasteiger partial charge on any atom is -0.454 e. The molecule has 0 unspecified atom stereocenters. The molecule has 0 atom stereocenters. The number of rotatable bonds is 5. The van der Waals surface area contributed by atoms with Crippen molar-refractivity contribution in [1.29, 1.82) is 0 Å². The Hall–Kier alpha value is -3.40. The number of anilines is 2. The molecule has 3 aliphatic heterocycles. The zero-order chi connectivity index (χ0) is 26.8. The molecule has 6 rings (SSSR count). The number of piperazine rings is 1. The molecular weight excluding hydrogens is 512 g/mol. The van der Waals surface area contributed by atoms with Gasteiger partial charge in [0.15, 0.2) is 5.75 Å². The molecular formula is C30H34N4O4S. The molecule has 9 heteroatoms. The van der Waals surface area contributed by atoms with E-state index < -0.39 is 10.0 Å². The summed E-state index contributed by atoms with van der Waals surface area (Å²) in [4.78, 5) is 18.0. The summed E-state index contributed by atoms with van der Waals surface area (Å²) in [6, 6.07) is 20.9. The predicted octanol–water partition coefficient (Wildman–Crippen LogP) is 4.93. The highest BCUT2D eigenvalue weighted by Gasteiger charge is 2.34. The van der Waals surface area contributed by atoms with Gasteiger partial charge in [-0.1, -0.05) is 55.3 Å². The van der Waals surface area contributed by atoms with Crippen LogP contribution in [0.3, 0.4) is 0 Å². The number of benzene rings is 3. The van der Waals surface area contributed by atoms with E-state index in [2.05, 4.69) is 39.4 Å². The normalized spacial score (nSPS) is 18.8. The van der Waals surface area contributed by atoms with Gasteiger partial charge in [0.1, 0.15) is 10.6 Å². The first kappa shape index (κ1) is 25.9. The van der Waals surface area contributed by atoms with Crippen molar-refractivity contribution in [3.8, 4) is 11.5 Å². The van der Waals surface area contributed by atoms with Gasteiger partial charge in [0.05, 0.1) is 16.9 Å². The number of carbonyl (C=O) groups excluding carboxylic acids is 1. The van der Waals surface area contributed by atoms with E-state index in [4.69, 9.17) is 4.74 Å². The Morgan fingerprint density at radius 3 is 2.21 bits per heavy atom. The van der Waals surface area contributed by atoms with E-state index in [-0.39, 0.29) is 16.4 Å². The number of carbonyl (C=O) groups is 1. The molecule has 3 aromatic rings. The highest BCUT2D eigenvalue weighted by Crippen LogP contribution is 2.41. The van der Waals surface area contributed by atoms with E-state index in [1.165, 1.54) is 11.6 Å². The van der Waals surface area contributed by atoms with Crippen LogP contribution in [0, 0.1) is 0 Å². The summed E-state index contributed by atoms with van der Waals surface area (Å²) in [5, 5.41) is 2.88. The fourth-order valence-electron chi connectivity index (χ4n) is 5.64. The Morgan fingerprint density at radius 1 is 0.769 bits per heavy atom. The van der Waals surface area contributed by atoms with Crippen LogP contribution in [0.4, 0.5) is 11.4 Å². The van der Waals surface area contributed by atoms with Gasteiger partial charge in [-0.15, -0.1) is 0 Å². The van der Waals surface area contributed by atoms with Gasteiger partial charge in [-0.25, -0.2) is 8.42 Å². The molecule has 2 saturated heterocycles. The number of amides is 1. The first-order valence-corrected chi connectivity index (χ1v) is 15.2. The van der Waals surface area contributed by atoms with Crippen LogP contribution in [-0.2, 0) is 16.6 Å². The third-order valence-electron chi connectivity index (χ3n) is 7.81. The van der Waals surface area contributed by atoms with Crippen molar-refractivity contribution in [2.45, 2.75) is 37.1 Å². The van der Waals surface area contributed by atoms with E-state index in [0.29, 0.717) is 49.1 Å². The summed E-state index contributed by atoms with van der Waals surface area (Å²) >= 11 is 0. The van der Waals surface area contributed by atoms with Gasteiger partial charge in [-0.2, -0.15) is 4.31 Å². The molecule has 0 spiro atoms. The van der Waals surface area contributed by atoms with E-state index in [9.17, 15) is 13.2 Å². The van der Waals surface area contributed by atoms with Crippen LogP contribution in [0.1, 0.15) is 41.6 Å². The second kappa shape index (κ2) is 11.0. The van der Waals surface area contributed by atoms with Crippen LogP contribution in [-0.4, -0.2) is 62.8 Å². The maximum Gasteiger partial charge on any atom is 0.259 e.